The highest BCUT2D eigenvalue weighted by atomic mass is 127. The Morgan fingerprint density at radius 2 is 1.68 bits per heavy atom. The zero-order valence-electron chi connectivity index (χ0n) is 12.7. The molecule has 2 rings (SSSR count). The molecule has 3 nitrogen and oxygen atoms in total. The second-order valence-electron chi connectivity index (χ2n) is 6.38. The van der Waals surface area contributed by atoms with E-state index in [0.29, 0.717) is 0 Å². The molecule has 0 aliphatic heterocycles. The summed E-state index contributed by atoms with van der Waals surface area (Å²) in [4.78, 5) is 6.72. The molecule has 0 heterocycles. The quantitative estimate of drug-likeness (QED) is 0.461. The maximum Gasteiger partial charge on any atom is 0.193 e. The zero-order chi connectivity index (χ0) is 13.0. The van der Waals surface area contributed by atoms with E-state index in [2.05, 4.69) is 29.2 Å². The van der Waals surface area contributed by atoms with Crippen molar-refractivity contribution in [2.45, 2.75) is 45.4 Å². The number of nitrogens with zero attached hydrogens (tertiary/aromatic N) is 2. The summed E-state index contributed by atoms with van der Waals surface area (Å²) < 4.78 is 0. The monoisotopic (exact) mass is 379 g/mol. The van der Waals surface area contributed by atoms with Crippen LogP contribution in [0.5, 0.6) is 0 Å². The van der Waals surface area contributed by atoms with E-state index in [1.807, 2.05) is 7.05 Å². The molecule has 2 saturated carbocycles. The van der Waals surface area contributed by atoms with Crippen LogP contribution in [0.3, 0.4) is 0 Å². The molecule has 0 radical (unpaired) electrons. The molecule has 0 aromatic carbocycles. The van der Waals surface area contributed by atoms with Crippen LogP contribution in [0.25, 0.3) is 0 Å². The van der Waals surface area contributed by atoms with Gasteiger partial charge < -0.3 is 10.2 Å². The SMILES string of the molecule is CN=C(NCC1CC1)N(C)CC1CCC(C)CC1.I. The van der Waals surface area contributed by atoms with E-state index >= 15 is 0 Å². The van der Waals surface area contributed by atoms with Crippen molar-refractivity contribution < 1.29 is 0 Å². The molecule has 0 atom stereocenters. The van der Waals surface area contributed by atoms with Gasteiger partial charge in [-0.3, -0.25) is 4.99 Å². The fourth-order valence-electron chi connectivity index (χ4n) is 2.93. The van der Waals surface area contributed by atoms with E-state index in [0.717, 1.165) is 36.8 Å². The van der Waals surface area contributed by atoms with Gasteiger partial charge in [0, 0.05) is 27.2 Å². The maximum absolute atomic E-state index is 4.40. The van der Waals surface area contributed by atoms with Gasteiger partial charge in [0.1, 0.15) is 0 Å². The molecule has 2 fully saturated rings. The van der Waals surface area contributed by atoms with Crippen LogP contribution in [-0.4, -0.2) is 38.0 Å². The molecule has 0 saturated heterocycles. The van der Waals surface area contributed by atoms with Crippen molar-refractivity contribution >= 4 is 29.9 Å². The van der Waals surface area contributed by atoms with Gasteiger partial charge >= 0.3 is 0 Å². The summed E-state index contributed by atoms with van der Waals surface area (Å²) in [6.07, 6.45) is 8.40. The van der Waals surface area contributed by atoms with Crippen molar-refractivity contribution in [3.63, 3.8) is 0 Å². The number of guanidine groups is 1. The van der Waals surface area contributed by atoms with Gasteiger partial charge in [-0.05, 0) is 43.4 Å². The molecule has 112 valence electrons. The molecule has 0 unspecified atom stereocenters. The van der Waals surface area contributed by atoms with Gasteiger partial charge in [0.15, 0.2) is 5.96 Å². The van der Waals surface area contributed by atoms with Crippen molar-refractivity contribution in [1.29, 1.82) is 0 Å². The first kappa shape index (κ1) is 17.1. The van der Waals surface area contributed by atoms with Crippen molar-refractivity contribution in [3.8, 4) is 0 Å². The van der Waals surface area contributed by atoms with Crippen LogP contribution in [0.1, 0.15) is 45.4 Å². The van der Waals surface area contributed by atoms with E-state index in [1.54, 1.807) is 0 Å². The Balaban J connectivity index is 0.00000180. The minimum Gasteiger partial charge on any atom is -0.356 e. The van der Waals surface area contributed by atoms with Gasteiger partial charge in [-0.25, -0.2) is 0 Å². The molecule has 0 aromatic rings. The lowest BCUT2D eigenvalue weighted by Gasteiger charge is -2.31. The van der Waals surface area contributed by atoms with Gasteiger partial charge in [-0.15, -0.1) is 24.0 Å². The van der Waals surface area contributed by atoms with Crippen molar-refractivity contribution in [2.75, 3.05) is 27.2 Å². The Morgan fingerprint density at radius 3 is 2.21 bits per heavy atom. The predicted molar refractivity (Wildman–Crippen MR) is 93.3 cm³/mol. The third-order valence-corrected chi connectivity index (χ3v) is 4.49. The number of hydrogen-bond donors (Lipinski definition) is 1. The standard InChI is InChI=1S/C15H29N3.HI/c1-12-4-6-14(7-5-12)11-18(3)15(16-2)17-10-13-8-9-13;/h12-14H,4-11H2,1-3H3,(H,16,17);1H. The van der Waals surface area contributed by atoms with Crippen LogP contribution in [-0.2, 0) is 0 Å². The Morgan fingerprint density at radius 1 is 1.11 bits per heavy atom. The second-order valence-corrected chi connectivity index (χ2v) is 6.38. The van der Waals surface area contributed by atoms with Gasteiger partial charge in [0.2, 0.25) is 0 Å². The molecular formula is C15H30IN3. The van der Waals surface area contributed by atoms with E-state index in [-0.39, 0.29) is 24.0 Å². The Labute approximate surface area is 135 Å². The topological polar surface area (TPSA) is 27.6 Å². The number of rotatable bonds is 4. The highest BCUT2D eigenvalue weighted by Gasteiger charge is 2.23. The van der Waals surface area contributed by atoms with E-state index < -0.39 is 0 Å². The minimum atomic E-state index is 0. The summed E-state index contributed by atoms with van der Waals surface area (Å²) >= 11 is 0. The molecule has 0 bridgehead atoms. The van der Waals surface area contributed by atoms with Crippen LogP contribution in [0.4, 0.5) is 0 Å². The van der Waals surface area contributed by atoms with Crippen LogP contribution in [0.15, 0.2) is 4.99 Å². The van der Waals surface area contributed by atoms with E-state index in [1.165, 1.54) is 38.5 Å². The van der Waals surface area contributed by atoms with Gasteiger partial charge in [-0.2, -0.15) is 0 Å². The number of aliphatic imine (C=N–C) groups is 1. The third-order valence-electron chi connectivity index (χ3n) is 4.49. The summed E-state index contributed by atoms with van der Waals surface area (Å²) in [6.45, 7) is 4.66. The number of hydrogen-bond acceptors (Lipinski definition) is 1. The lowest BCUT2D eigenvalue weighted by atomic mass is 9.83. The van der Waals surface area contributed by atoms with Crippen molar-refractivity contribution in [1.82, 2.24) is 10.2 Å². The summed E-state index contributed by atoms with van der Waals surface area (Å²) in [7, 11) is 4.08. The molecule has 0 spiro atoms. The highest BCUT2D eigenvalue weighted by Crippen LogP contribution is 2.29. The van der Waals surface area contributed by atoms with Crippen LogP contribution < -0.4 is 5.32 Å². The Hall–Kier alpha value is 0. The smallest absolute Gasteiger partial charge is 0.193 e. The molecular weight excluding hydrogens is 349 g/mol. The van der Waals surface area contributed by atoms with Crippen LogP contribution >= 0.6 is 24.0 Å². The Kier molecular flexibility index (Phi) is 7.47. The minimum absolute atomic E-state index is 0. The molecule has 0 amide bonds. The second kappa shape index (κ2) is 8.32. The lowest BCUT2D eigenvalue weighted by Crippen LogP contribution is -2.42. The predicted octanol–water partition coefficient (Wildman–Crippen LogP) is 3.35. The molecule has 0 aromatic heterocycles. The Bertz CT molecular complexity index is 281. The average Bonchev–Trinajstić information content (AvgIpc) is 3.17. The first-order valence-corrected chi connectivity index (χ1v) is 7.60. The largest absolute Gasteiger partial charge is 0.356 e. The molecule has 4 heteroatoms. The van der Waals surface area contributed by atoms with Gasteiger partial charge in [0.25, 0.3) is 0 Å². The first-order chi connectivity index (χ1) is 8.69. The highest BCUT2D eigenvalue weighted by molar-refractivity contribution is 14.0. The fourth-order valence-corrected chi connectivity index (χ4v) is 2.93. The summed E-state index contributed by atoms with van der Waals surface area (Å²) in [6, 6.07) is 0. The fraction of sp³-hybridized carbons (Fsp3) is 0.933. The number of halogens is 1. The summed E-state index contributed by atoms with van der Waals surface area (Å²) in [5.74, 6) is 3.80. The normalized spacial score (nSPS) is 27.6. The van der Waals surface area contributed by atoms with E-state index in [4.69, 9.17) is 0 Å². The van der Waals surface area contributed by atoms with Crippen molar-refractivity contribution in [2.24, 2.45) is 22.7 Å². The van der Waals surface area contributed by atoms with E-state index in [9.17, 15) is 0 Å². The van der Waals surface area contributed by atoms with Crippen LogP contribution in [0.2, 0.25) is 0 Å². The van der Waals surface area contributed by atoms with Crippen LogP contribution in [0, 0.1) is 17.8 Å². The van der Waals surface area contributed by atoms with Gasteiger partial charge in [-0.1, -0.05) is 19.8 Å². The lowest BCUT2D eigenvalue weighted by molar-refractivity contribution is 0.250. The third kappa shape index (κ3) is 5.88. The van der Waals surface area contributed by atoms with Crippen molar-refractivity contribution in [3.05, 3.63) is 0 Å². The molecule has 19 heavy (non-hydrogen) atoms. The molecule has 2 aliphatic carbocycles. The first-order valence-electron chi connectivity index (χ1n) is 7.60. The summed E-state index contributed by atoms with van der Waals surface area (Å²) in [5, 5.41) is 3.51. The number of nitrogens with one attached hydrogen (secondary N) is 1. The van der Waals surface area contributed by atoms with Gasteiger partial charge in [0.05, 0.1) is 0 Å². The zero-order valence-corrected chi connectivity index (χ0v) is 15.0. The average molecular weight is 379 g/mol. The molecule has 1 N–H and O–H groups in total. The maximum atomic E-state index is 4.40. The summed E-state index contributed by atoms with van der Waals surface area (Å²) in [5.41, 5.74) is 0. The molecule has 2 aliphatic rings.